The van der Waals surface area contributed by atoms with Crippen LogP contribution in [0.4, 0.5) is 13.2 Å². The van der Waals surface area contributed by atoms with Crippen molar-refractivity contribution in [1.82, 2.24) is 4.31 Å². The Morgan fingerprint density at radius 3 is 2.50 bits per heavy atom. The van der Waals surface area contributed by atoms with Crippen molar-refractivity contribution in [3.05, 3.63) is 29.8 Å². The van der Waals surface area contributed by atoms with Gasteiger partial charge in [-0.15, -0.1) is 13.2 Å². The summed E-state index contributed by atoms with van der Waals surface area (Å²) in [6.45, 7) is 0.885. The molecule has 0 aromatic heterocycles. The molecule has 1 aromatic carbocycles. The molecule has 0 unspecified atom stereocenters. The second-order valence-electron chi connectivity index (χ2n) is 5.75. The zero-order chi connectivity index (χ0) is 17.8. The number of nitrogens with zero attached hydrogens (tertiary/aromatic N) is 1. The summed E-state index contributed by atoms with van der Waals surface area (Å²) in [4.78, 5) is 0. The Bertz CT molecular complexity index is 642. The largest absolute Gasteiger partial charge is 0.573 e. The predicted octanol–water partition coefficient (Wildman–Crippen LogP) is 2.77. The van der Waals surface area contributed by atoms with Gasteiger partial charge in [0.15, 0.2) is 0 Å². The van der Waals surface area contributed by atoms with Crippen LogP contribution in [0.1, 0.15) is 18.4 Å². The first kappa shape index (κ1) is 19.0. The van der Waals surface area contributed by atoms with Crippen LogP contribution < -0.4 is 4.74 Å². The van der Waals surface area contributed by atoms with Crippen molar-refractivity contribution in [2.24, 2.45) is 5.92 Å². The molecule has 0 bridgehead atoms. The first-order chi connectivity index (χ1) is 11.2. The lowest BCUT2D eigenvalue weighted by molar-refractivity contribution is -0.274. The summed E-state index contributed by atoms with van der Waals surface area (Å²) >= 11 is 0. The Morgan fingerprint density at radius 2 is 1.88 bits per heavy atom. The molecule has 0 saturated carbocycles. The summed E-state index contributed by atoms with van der Waals surface area (Å²) in [5, 5.41) is 0. The third-order valence-electron chi connectivity index (χ3n) is 3.85. The number of benzene rings is 1. The van der Waals surface area contributed by atoms with Gasteiger partial charge in [0, 0.05) is 32.4 Å². The number of halogens is 3. The van der Waals surface area contributed by atoms with Crippen LogP contribution in [-0.4, -0.2) is 45.1 Å². The Morgan fingerprint density at radius 1 is 1.25 bits per heavy atom. The molecule has 1 aliphatic rings. The van der Waals surface area contributed by atoms with E-state index in [-0.39, 0.29) is 23.8 Å². The van der Waals surface area contributed by atoms with E-state index in [2.05, 4.69) is 4.74 Å². The van der Waals surface area contributed by atoms with Gasteiger partial charge in [0.25, 0.3) is 0 Å². The molecule has 1 fully saturated rings. The standard InChI is InChI=1S/C15H20F3NO4S/c1-19(24(20,21)11-12-6-8-22-9-7-12)10-13-4-2-3-5-14(13)23-15(16,17)18/h2-5,12H,6-11H2,1H3. The second-order valence-corrected chi connectivity index (χ2v) is 7.87. The van der Waals surface area contributed by atoms with Crippen LogP contribution in [0.5, 0.6) is 5.75 Å². The lowest BCUT2D eigenvalue weighted by Crippen LogP contribution is -2.33. The van der Waals surface area contributed by atoms with Crippen molar-refractivity contribution in [2.45, 2.75) is 25.7 Å². The van der Waals surface area contributed by atoms with Crippen molar-refractivity contribution in [3.63, 3.8) is 0 Å². The fourth-order valence-corrected chi connectivity index (χ4v) is 4.05. The van der Waals surface area contributed by atoms with E-state index in [4.69, 9.17) is 4.74 Å². The van der Waals surface area contributed by atoms with Gasteiger partial charge in [-0.05, 0) is 24.8 Å². The average Bonchev–Trinajstić information content (AvgIpc) is 2.48. The molecule has 5 nitrogen and oxygen atoms in total. The third-order valence-corrected chi connectivity index (χ3v) is 5.82. The molecule has 2 rings (SSSR count). The zero-order valence-electron chi connectivity index (χ0n) is 13.3. The van der Waals surface area contributed by atoms with E-state index < -0.39 is 22.1 Å². The molecule has 1 heterocycles. The maximum Gasteiger partial charge on any atom is 0.573 e. The fraction of sp³-hybridized carbons (Fsp3) is 0.600. The van der Waals surface area contributed by atoms with Crippen LogP contribution in [0.3, 0.4) is 0 Å². The minimum Gasteiger partial charge on any atom is -0.405 e. The molecular formula is C15H20F3NO4S. The van der Waals surface area contributed by atoms with Gasteiger partial charge in [0.1, 0.15) is 5.75 Å². The SMILES string of the molecule is CN(Cc1ccccc1OC(F)(F)F)S(=O)(=O)CC1CCOCC1. The first-order valence-electron chi connectivity index (χ1n) is 7.53. The van der Waals surface area contributed by atoms with Gasteiger partial charge < -0.3 is 9.47 Å². The lowest BCUT2D eigenvalue weighted by Gasteiger charge is -2.25. The Balaban J connectivity index is 2.06. The Labute approximate surface area is 139 Å². The van der Waals surface area contributed by atoms with Gasteiger partial charge in [0.2, 0.25) is 10.0 Å². The van der Waals surface area contributed by atoms with Gasteiger partial charge in [-0.2, -0.15) is 0 Å². The molecule has 1 aliphatic heterocycles. The average molecular weight is 367 g/mol. The third kappa shape index (κ3) is 5.64. The summed E-state index contributed by atoms with van der Waals surface area (Å²) in [6.07, 6.45) is -3.49. The number of hydrogen-bond acceptors (Lipinski definition) is 4. The molecule has 1 aromatic rings. The molecule has 0 N–H and O–H groups in total. The van der Waals surface area contributed by atoms with Gasteiger partial charge in [0.05, 0.1) is 5.75 Å². The highest BCUT2D eigenvalue weighted by Gasteiger charge is 2.32. The molecule has 1 saturated heterocycles. The highest BCUT2D eigenvalue weighted by molar-refractivity contribution is 7.89. The quantitative estimate of drug-likeness (QED) is 0.776. The molecule has 0 amide bonds. The lowest BCUT2D eigenvalue weighted by atomic mass is 10.0. The smallest absolute Gasteiger partial charge is 0.405 e. The van der Waals surface area contributed by atoms with E-state index in [1.165, 1.54) is 31.3 Å². The predicted molar refractivity (Wildman–Crippen MR) is 81.9 cm³/mol. The van der Waals surface area contributed by atoms with Crippen molar-refractivity contribution >= 4 is 10.0 Å². The van der Waals surface area contributed by atoms with E-state index in [0.717, 1.165) is 4.31 Å². The number of rotatable bonds is 6. The molecule has 0 radical (unpaired) electrons. The number of ether oxygens (including phenoxy) is 2. The van der Waals surface area contributed by atoms with E-state index in [1.54, 1.807) is 0 Å². The second kappa shape index (κ2) is 7.71. The highest BCUT2D eigenvalue weighted by Crippen LogP contribution is 2.28. The van der Waals surface area contributed by atoms with Crippen molar-refractivity contribution in [1.29, 1.82) is 0 Å². The Hall–Kier alpha value is -1.32. The molecular weight excluding hydrogens is 347 g/mol. The van der Waals surface area contributed by atoms with Crippen molar-refractivity contribution < 1.29 is 31.1 Å². The minimum absolute atomic E-state index is 0.00729. The number of sulfonamides is 1. The number of hydrogen-bond donors (Lipinski definition) is 0. The first-order valence-corrected chi connectivity index (χ1v) is 9.14. The monoisotopic (exact) mass is 367 g/mol. The normalized spacial score (nSPS) is 17.2. The zero-order valence-corrected chi connectivity index (χ0v) is 14.1. The maximum atomic E-state index is 12.4. The number of alkyl halides is 3. The fourth-order valence-electron chi connectivity index (χ4n) is 2.54. The van der Waals surface area contributed by atoms with Crippen LogP contribution in [-0.2, 0) is 21.3 Å². The van der Waals surface area contributed by atoms with Crippen molar-refractivity contribution in [2.75, 3.05) is 26.0 Å². The topological polar surface area (TPSA) is 55.8 Å². The summed E-state index contributed by atoms with van der Waals surface area (Å²) in [7, 11) is -2.22. The number of para-hydroxylation sites is 1. The maximum absolute atomic E-state index is 12.4. The summed E-state index contributed by atoms with van der Waals surface area (Å²) < 4.78 is 72.4. The molecule has 9 heteroatoms. The van der Waals surface area contributed by atoms with E-state index in [9.17, 15) is 21.6 Å². The van der Waals surface area contributed by atoms with Crippen LogP contribution in [0.25, 0.3) is 0 Å². The van der Waals surface area contributed by atoms with Gasteiger partial charge in [-0.3, -0.25) is 0 Å². The van der Waals surface area contributed by atoms with E-state index >= 15 is 0 Å². The minimum atomic E-state index is -4.82. The summed E-state index contributed by atoms with van der Waals surface area (Å²) in [5.41, 5.74) is 0.160. The highest BCUT2D eigenvalue weighted by atomic mass is 32.2. The molecule has 0 aliphatic carbocycles. The van der Waals surface area contributed by atoms with Gasteiger partial charge in [-0.25, -0.2) is 12.7 Å². The van der Waals surface area contributed by atoms with Crippen LogP contribution in [0, 0.1) is 5.92 Å². The molecule has 24 heavy (non-hydrogen) atoms. The molecule has 136 valence electrons. The summed E-state index contributed by atoms with van der Waals surface area (Å²) in [5.74, 6) is -0.416. The van der Waals surface area contributed by atoms with E-state index in [0.29, 0.717) is 26.1 Å². The van der Waals surface area contributed by atoms with Crippen LogP contribution in [0.2, 0.25) is 0 Å². The Kier molecular flexibility index (Phi) is 6.11. The van der Waals surface area contributed by atoms with Crippen LogP contribution in [0.15, 0.2) is 24.3 Å². The molecule has 0 atom stereocenters. The van der Waals surface area contributed by atoms with Gasteiger partial charge in [-0.1, -0.05) is 18.2 Å². The van der Waals surface area contributed by atoms with E-state index in [1.807, 2.05) is 0 Å². The van der Waals surface area contributed by atoms with Crippen molar-refractivity contribution in [3.8, 4) is 5.75 Å². The molecule has 0 spiro atoms. The van der Waals surface area contributed by atoms with Crippen LogP contribution >= 0.6 is 0 Å². The summed E-state index contributed by atoms with van der Waals surface area (Å²) in [6, 6.07) is 5.53. The van der Waals surface area contributed by atoms with Gasteiger partial charge >= 0.3 is 6.36 Å².